The molecule has 2 fully saturated rings. The number of esters is 3. The number of aliphatic hydroxyl groups excluding tert-OH is 1. The van der Waals surface area contributed by atoms with Crippen molar-refractivity contribution in [3.05, 3.63) is 161 Å². The molecule has 4 heterocycles. The van der Waals surface area contributed by atoms with Gasteiger partial charge >= 0.3 is 17.9 Å². The molecule has 4 aromatic carbocycles. The summed E-state index contributed by atoms with van der Waals surface area (Å²) in [5, 5.41) is 15.8. The van der Waals surface area contributed by atoms with E-state index in [4.69, 9.17) is 18.9 Å². The van der Waals surface area contributed by atoms with Crippen molar-refractivity contribution in [2.24, 2.45) is 11.8 Å². The van der Waals surface area contributed by atoms with Crippen molar-refractivity contribution in [2.45, 2.75) is 42.5 Å². The molecular formula is C50H46N4O10. The average Bonchev–Trinajstić information content (AvgIpc) is 3.81. The van der Waals surface area contributed by atoms with Crippen LogP contribution in [0.1, 0.15) is 58.1 Å². The zero-order valence-corrected chi connectivity index (χ0v) is 35.1. The second-order valence-corrected chi connectivity index (χ2v) is 15.6. The summed E-state index contributed by atoms with van der Waals surface area (Å²) in [6.45, 7) is -0.0947. The molecule has 14 heteroatoms. The number of pyridine rings is 1. The summed E-state index contributed by atoms with van der Waals surface area (Å²) in [5.74, 6) is 0.312. The lowest BCUT2D eigenvalue weighted by molar-refractivity contribution is -0.178. The number of aliphatic hydroxyl groups is 1. The molecule has 3 N–H and O–H groups in total. The van der Waals surface area contributed by atoms with Crippen LogP contribution in [0.15, 0.2) is 128 Å². The van der Waals surface area contributed by atoms with Crippen LogP contribution in [0, 0.1) is 23.7 Å². The van der Waals surface area contributed by atoms with Crippen LogP contribution in [-0.4, -0.2) is 84.7 Å². The standard InChI is InChI=1S/C50H46N4O10/c1-61-46(57)37(47(58)62-2)21-11-13-31-22-23-39-38(29-31)50(49(60)53-39)40(45(56)52-26-24-35-19-9-10-25-51-35)42-48(59)64-43(33-16-7-4-8-17-33)41(32-14-5-3-6-15-32)54(42)44(50)34-18-12-20-36(30-34)63-28-27-55/h3-10,12,14-20,22-23,25,29-30,37,40-44,55H,21,24,26-28H2,1-2H3,(H,52,56)(H,53,60). The molecule has 326 valence electrons. The predicted molar refractivity (Wildman–Crippen MR) is 232 cm³/mol. The van der Waals surface area contributed by atoms with E-state index in [2.05, 4.69) is 27.5 Å². The Balaban J connectivity index is 1.36. The molecule has 6 atom stereocenters. The van der Waals surface area contributed by atoms with Gasteiger partial charge in [0.05, 0.1) is 38.8 Å². The minimum atomic E-state index is -1.82. The number of amides is 2. The highest BCUT2D eigenvalue weighted by atomic mass is 16.6. The minimum absolute atomic E-state index is 0.000114. The van der Waals surface area contributed by atoms with Gasteiger partial charge in [0.1, 0.15) is 29.9 Å². The van der Waals surface area contributed by atoms with Crippen molar-refractivity contribution < 1.29 is 48.0 Å². The van der Waals surface area contributed by atoms with E-state index < -0.39 is 71.2 Å². The van der Waals surface area contributed by atoms with Crippen molar-refractivity contribution in [3.8, 4) is 17.6 Å². The average molecular weight is 863 g/mol. The van der Waals surface area contributed by atoms with Gasteiger partial charge in [0.25, 0.3) is 0 Å². The highest BCUT2D eigenvalue weighted by Gasteiger charge is 2.74. The maximum absolute atomic E-state index is 15.5. The molecule has 14 nitrogen and oxygen atoms in total. The number of cyclic esters (lactones) is 1. The van der Waals surface area contributed by atoms with Gasteiger partial charge in [-0.3, -0.25) is 33.9 Å². The number of hydrogen-bond acceptors (Lipinski definition) is 12. The SMILES string of the molecule is COC(=O)C(CC#Cc1ccc2c(c1)C1(C(=O)N2)C(C(=O)NCCc2ccccn2)C2C(=O)OC(c3ccccc3)C(c3ccccc3)N2C1c1cccc(OCCO)c1)C(=O)OC. The lowest BCUT2D eigenvalue weighted by Gasteiger charge is -2.46. The molecule has 0 bridgehead atoms. The van der Waals surface area contributed by atoms with Crippen molar-refractivity contribution in [1.29, 1.82) is 0 Å². The zero-order chi connectivity index (χ0) is 44.8. The second-order valence-electron chi connectivity index (χ2n) is 15.6. The van der Waals surface area contributed by atoms with Crippen LogP contribution in [0.4, 0.5) is 5.69 Å². The third-order valence-electron chi connectivity index (χ3n) is 12.0. The molecule has 8 rings (SSSR count). The van der Waals surface area contributed by atoms with Crippen LogP contribution in [0.5, 0.6) is 5.75 Å². The highest BCUT2D eigenvalue weighted by molar-refractivity contribution is 6.12. The number of fused-ring (bicyclic) bond motifs is 3. The monoisotopic (exact) mass is 862 g/mol. The van der Waals surface area contributed by atoms with E-state index in [1.165, 1.54) is 14.2 Å². The molecule has 1 spiro atoms. The first-order valence-electron chi connectivity index (χ1n) is 20.9. The Morgan fingerprint density at radius 1 is 0.859 bits per heavy atom. The number of aromatic nitrogens is 1. The van der Waals surface area contributed by atoms with Crippen LogP contribution >= 0.6 is 0 Å². The summed E-state index contributed by atoms with van der Waals surface area (Å²) in [4.78, 5) is 77.2. The van der Waals surface area contributed by atoms with Crippen LogP contribution in [0.3, 0.4) is 0 Å². The van der Waals surface area contributed by atoms with E-state index in [1.54, 1.807) is 48.7 Å². The van der Waals surface area contributed by atoms with Crippen LogP contribution < -0.4 is 15.4 Å². The molecular weight excluding hydrogens is 817 g/mol. The Hall–Kier alpha value is -7.34. The quantitative estimate of drug-likeness (QED) is 0.0639. The van der Waals surface area contributed by atoms with Gasteiger partial charge in [0.15, 0.2) is 5.92 Å². The molecule has 1 aromatic heterocycles. The number of ether oxygens (including phenoxy) is 4. The molecule has 0 aliphatic carbocycles. The summed E-state index contributed by atoms with van der Waals surface area (Å²) in [5.41, 5.74) is 2.20. The van der Waals surface area contributed by atoms with Gasteiger partial charge in [-0.15, -0.1) is 0 Å². The third kappa shape index (κ3) is 8.07. The molecule has 2 saturated heterocycles. The lowest BCUT2D eigenvalue weighted by Crippen LogP contribution is -2.55. The first-order chi connectivity index (χ1) is 31.2. The number of anilines is 1. The molecule has 3 aliphatic rings. The summed E-state index contributed by atoms with van der Waals surface area (Å²) in [6, 6.07) is 33.6. The number of rotatable bonds is 13. The number of nitrogens with one attached hydrogen (secondary N) is 2. The fourth-order valence-electron chi connectivity index (χ4n) is 9.38. The number of carbonyl (C=O) groups is 5. The van der Waals surface area contributed by atoms with E-state index in [1.807, 2.05) is 83.8 Å². The van der Waals surface area contributed by atoms with Gasteiger partial charge in [0.2, 0.25) is 11.8 Å². The van der Waals surface area contributed by atoms with Gasteiger partial charge in [0, 0.05) is 42.5 Å². The summed E-state index contributed by atoms with van der Waals surface area (Å²) in [7, 11) is 2.34. The van der Waals surface area contributed by atoms with Gasteiger partial charge in [-0.2, -0.15) is 0 Å². The topological polar surface area (TPSA) is 183 Å². The number of carbonyl (C=O) groups excluding carboxylic acids is 5. The van der Waals surface area contributed by atoms with Gasteiger partial charge in [-0.1, -0.05) is 90.7 Å². The summed E-state index contributed by atoms with van der Waals surface area (Å²) >= 11 is 0. The van der Waals surface area contributed by atoms with Crippen LogP contribution in [-0.2, 0) is 50.0 Å². The minimum Gasteiger partial charge on any atom is -0.491 e. The van der Waals surface area contributed by atoms with Crippen molar-refractivity contribution in [1.82, 2.24) is 15.2 Å². The fourth-order valence-corrected chi connectivity index (χ4v) is 9.38. The van der Waals surface area contributed by atoms with Crippen molar-refractivity contribution in [3.63, 3.8) is 0 Å². The number of methoxy groups -OCH3 is 2. The van der Waals surface area contributed by atoms with Crippen molar-refractivity contribution in [2.75, 3.05) is 39.3 Å². The Morgan fingerprint density at radius 3 is 2.25 bits per heavy atom. The molecule has 6 unspecified atom stereocenters. The first kappa shape index (κ1) is 43.3. The number of hydrogen-bond donors (Lipinski definition) is 3. The highest BCUT2D eigenvalue weighted by Crippen LogP contribution is 2.65. The Labute approximate surface area is 369 Å². The second kappa shape index (κ2) is 19.0. The first-order valence-corrected chi connectivity index (χ1v) is 20.9. The van der Waals surface area contributed by atoms with E-state index >= 15 is 14.4 Å². The molecule has 0 saturated carbocycles. The van der Waals surface area contributed by atoms with Crippen molar-refractivity contribution >= 4 is 35.4 Å². The molecule has 3 aliphatic heterocycles. The summed E-state index contributed by atoms with van der Waals surface area (Å²) < 4.78 is 22.1. The Morgan fingerprint density at radius 2 is 1.56 bits per heavy atom. The number of morpholine rings is 1. The van der Waals surface area contributed by atoms with Crippen LogP contribution in [0.2, 0.25) is 0 Å². The predicted octanol–water partition coefficient (Wildman–Crippen LogP) is 4.79. The van der Waals surface area contributed by atoms with E-state index in [0.717, 1.165) is 11.3 Å². The molecule has 0 radical (unpaired) electrons. The van der Waals surface area contributed by atoms with E-state index in [0.29, 0.717) is 40.1 Å². The Kier molecular flexibility index (Phi) is 12.8. The van der Waals surface area contributed by atoms with Gasteiger partial charge in [-0.25, -0.2) is 0 Å². The zero-order valence-electron chi connectivity index (χ0n) is 35.1. The third-order valence-corrected chi connectivity index (χ3v) is 12.0. The van der Waals surface area contributed by atoms with Gasteiger partial charge < -0.3 is 34.7 Å². The fraction of sp³-hybridized carbons (Fsp3) is 0.280. The lowest BCUT2D eigenvalue weighted by atomic mass is 9.65. The van der Waals surface area contributed by atoms with E-state index in [-0.39, 0.29) is 26.2 Å². The summed E-state index contributed by atoms with van der Waals surface area (Å²) in [6.07, 6.45) is 0.956. The normalized spacial score (nSPS) is 22.0. The molecule has 5 aromatic rings. The van der Waals surface area contributed by atoms with Gasteiger partial charge in [-0.05, 0) is 64.7 Å². The smallest absolute Gasteiger partial charge is 0.324 e. The number of nitrogens with zero attached hydrogens (tertiary/aromatic N) is 2. The molecule has 2 amide bonds. The maximum atomic E-state index is 15.5. The van der Waals surface area contributed by atoms with Crippen LogP contribution in [0.25, 0.3) is 0 Å². The van der Waals surface area contributed by atoms with E-state index in [9.17, 15) is 14.7 Å². The maximum Gasteiger partial charge on any atom is 0.324 e. The number of benzene rings is 4. The largest absolute Gasteiger partial charge is 0.491 e. The molecule has 64 heavy (non-hydrogen) atoms. The Bertz CT molecular complexity index is 2580.